The molecule has 0 saturated carbocycles. The number of ether oxygens (including phenoxy) is 1. The first-order valence-electron chi connectivity index (χ1n) is 10.3. The SMILES string of the molecule is COc1ccc(Cn2ncc3c4c(cnc32)CN(C(=O)Nc2ccccc2)CC4)cc1. The Morgan fingerprint density at radius 3 is 2.68 bits per heavy atom. The van der Waals surface area contributed by atoms with Crippen LogP contribution in [-0.2, 0) is 19.5 Å². The van der Waals surface area contributed by atoms with Gasteiger partial charge >= 0.3 is 6.03 Å². The zero-order valence-electron chi connectivity index (χ0n) is 17.3. The van der Waals surface area contributed by atoms with E-state index in [1.165, 1.54) is 5.56 Å². The number of pyridine rings is 1. The van der Waals surface area contributed by atoms with Crippen molar-refractivity contribution in [3.8, 4) is 5.75 Å². The number of anilines is 1. The van der Waals surface area contributed by atoms with E-state index in [1.54, 1.807) is 7.11 Å². The van der Waals surface area contributed by atoms with Crippen LogP contribution < -0.4 is 10.1 Å². The van der Waals surface area contributed by atoms with Gasteiger partial charge in [-0.3, -0.25) is 0 Å². The molecule has 0 aliphatic carbocycles. The minimum Gasteiger partial charge on any atom is -0.497 e. The second-order valence-corrected chi connectivity index (χ2v) is 7.62. The lowest BCUT2D eigenvalue weighted by molar-refractivity contribution is 0.206. The molecule has 0 saturated heterocycles. The van der Waals surface area contributed by atoms with Gasteiger partial charge in [-0.25, -0.2) is 14.5 Å². The van der Waals surface area contributed by atoms with Gasteiger partial charge in [0.05, 0.1) is 19.9 Å². The van der Waals surface area contributed by atoms with Gasteiger partial charge in [0.1, 0.15) is 5.75 Å². The number of carbonyl (C=O) groups excluding carboxylic acids is 1. The van der Waals surface area contributed by atoms with E-state index >= 15 is 0 Å². The summed E-state index contributed by atoms with van der Waals surface area (Å²) in [5.41, 5.74) is 5.11. The van der Waals surface area contributed by atoms with Gasteiger partial charge in [-0.2, -0.15) is 5.10 Å². The van der Waals surface area contributed by atoms with Crippen molar-refractivity contribution in [3.63, 3.8) is 0 Å². The van der Waals surface area contributed by atoms with E-state index in [1.807, 2.05) is 76.6 Å². The lowest BCUT2D eigenvalue weighted by Gasteiger charge is -2.29. The molecule has 156 valence electrons. The number of para-hydroxylation sites is 1. The molecule has 0 fully saturated rings. The summed E-state index contributed by atoms with van der Waals surface area (Å²) in [7, 11) is 1.66. The number of aromatic nitrogens is 3. The molecular formula is C24H23N5O2. The monoisotopic (exact) mass is 413 g/mol. The van der Waals surface area contributed by atoms with Gasteiger partial charge in [-0.1, -0.05) is 30.3 Å². The van der Waals surface area contributed by atoms with Crippen molar-refractivity contribution >= 4 is 22.8 Å². The van der Waals surface area contributed by atoms with E-state index in [4.69, 9.17) is 4.74 Å². The van der Waals surface area contributed by atoms with Gasteiger partial charge in [-0.15, -0.1) is 0 Å². The van der Waals surface area contributed by atoms with E-state index in [2.05, 4.69) is 15.4 Å². The quantitative estimate of drug-likeness (QED) is 0.547. The van der Waals surface area contributed by atoms with Gasteiger partial charge in [-0.05, 0) is 47.4 Å². The number of nitrogens with one attached hydrogen (secondary N) is 1. The van der Waals surface area contributed by atoms with Gasteiger partial charge in [0.2, 0.25) is 0 Å². The lowest BCUT2D eigenvalue weighted by Crippen LogP contribution is -2.39. The van der Waals surface area contributed by atoms with Crippen LogP contribution in [0.15, 0.2) is 67.0 Å². The number of amides is 2. The Balaban J connectivity index is 1.34. The van der Waals surface area contributed by atoms with Crippen LogP contribution in [0.25, 0.3) is 11.0 Å². The molecule has 0 bridgehead atoms. The average Bonchev–Trinajstić information content (AvgIpc) is 3.23. The third-order valence-corrected chi connectivity index (χ3v) is 5.66. The maximum Gasteiger partial charge on any atom is 0.322 e. The molecule has 0 atom stereocenters. The molecule has 2 aromatic carbocycles. The van der Waals surface area contributed by atoms with E-state index in [9.17, 15) is 4.79 Å². The summed E-state index contributed by atoms with van der Waals surface area (Å²) in [4.78, 5) is 19.2. The van der Waals surface area contributed by atoms with Crippen LogP contribution in [0.4, 0.5) is 10.5 Å². The fourth-order valence-corrected chi connectivity index (χ4v) is 4.00. The molecule has 5 rings (SSSR count). The van der Waals surface area contributed by atoms with Crippen LogP contribution in [-0.4, -0.2) is 39.4 Å². The maximum absolute atomic E-state index is 12.7. The van der Waals surface area contributed by atoms with Crippen LogP contribution in [0.2, 0.25) is 0 Å². The number of hydrogen-bond acceptors (Lipinski definition) is 4. The van der Waals surface area contributed by atoms with E-state index in [0.29, 0.717) is 19.6 Å². The number of benzene rings is 2. The van der Waals surface area contributed by atoms with Crippen LogP contribution in [0.3, 0.4) is 0 Å². The Bertz CT molecular complexity index is 1220. The normalized spacial score (nSPS) is 13.1. The third kappa shape index (κ3) is 3.82. The summed E-state index contributed by atoms with van der Waals surface area (Å²) < 4.78 is 7.15. The fraction of sp³-hybridized carbons (Fsp3) is 0.208. The molecule has 1 aliphatic rings. The lowest BCUT2D eigenvalue weighted by atomic mass is 9.99. The Labute approximate surface area is 180 Å². The zero-order valence-corrected chi connectivity index (χ0v) is 17.3. The van der Waals surface area contributed by atoms with E-state index in [0.717, 1.165) is 40.0 Å². The first kappa shape index (κ1) is 19.1. The second kappa shape index (κ2) is 8.10. The van der Waals surface area contributed by atoms with Crippen LogP contribution >= 0.6 is 0 Å². The first-order valence-corrected chi connectivity index (χ1v) is 10.3. The molecule has 0 radical (unpaired) electrons. The van der Waals surface area contributed by atoms with Crippen LogP contribution in [0, 0.1) is 0 Å². The highest BCUT2D eigenvalue weighted by Crippen LogP contribution is 2.27. The number of hydrogen-bond donors (Lipinski definition) is 1. The summed E-state index contributed by atoms with van der Waals surface area (Å²) in [6.45, 7) is 1.85. The molecule has 4 aromatic rings. The number of nitrogens with zero attached hydrogens (tertiary/aromatic N) is 4. The van der Waals surface area contributed by atoms with Gasteiger partial charge in [0, 0.05) is 30.4 Å². The Morgan fingerprint density at radius 1 is 1.10 bits per heavy atom. The minimum absolute atomic E-state index is 0.0906. The Kier molecular flexibility index (Phi) is 5.00. The van der Waals surface area contributed by atoms with Gasteiger partial charge in [0.25, 0.3) is 0 Å². The Morgan fingerprint density at radius 2 is 1.90 bits per heavy atom. The van der Waals surface area contributed by atoms with Crippen LogP contribution in [0.5, 0.6) is 5.75 Å². The third-order valence-electron chi connectivity index (χ3n) is 5.66. The summed E-state index contributed by atoms with van der Waals surface area (Å²) in [5, 5.41) is 8.61. The van der Waals surface area contributed by atoms with Crippen molar-refractivity contribution in [1.29, 1.82) is 0 Å². The molecule has 2 amide bonds. The Hall–Kier alpha value is -3.87. The number of fused-ring (bicyclic) bond motifs is 3. The molecular weight excluding hydrogens is 390 g/mol. The first-order chi connectivity index (χ1) is 15.2. The standard InChI is InChI=1S/C24H23N5O2/c1-31-20-9-7-17(8-10-20)15-29-23-22(14-26-29)21-11-12-28(16-18(21)13-25-23)24(30)27-19-5-3-2-4-6-19/h2-10,13-14H,11-12,15-16H2,1H3,(H,27,30). The highest BCUT2D eigenvalue weighted by molar-refractivity contribution is 5.90. The van der Waals surface area contributed by atoms with Crippen molar-refractivity contribution in [3.05, 3.63) is 83.7 Å². The van der Waals surface area contributed by atoms with Gasteiger partial charge < -0.3 is 15.0 Å². The van der Waals surface area contributed by atoms with Crippen molar-refractivity contribution in [2.75, 3.05) is 19.0 Å². The molecule has 0 unspecified atom stereocenters. The number of rotatable bonds is 4. The zero-order chi connectivity index (χ0) is 21.2. The summed E-state index contributed by atoms with van der Waals surface area (Å²) in [6, 6.07) is 17.4. The summed E-state index contributed by atoms with van der Waals surface area (Å²) in [5.74, 6) is 0.835. The van der Waals surface area contributed by atoms with Crippen molar-refractivity contribution in [2.45, 2.75) is 19.5 Å². The second-order valence-electron chi connectivity index (χ2n) is 7.62. The summed E-state index contributed by atoms with van der Waals surface area (Å²) in [6.07, 6.45) is 4.56. The van der Waals surface area contributed by atoms with Crippen molar-refractivity contribution in [2.24, 2.45) is 0 Å². The largest absolute Gasteiger partial charge is 0.497 e. The number of methoxy groups -OCH3 is 1. The molecule has 3 heterocycles. The molecule has 7 heteroatoms. The molecule has 1 N–H and O–H groups in total. The fourth-order valence-electron chi connectivity index (χ4n) is 4.00. The molecule has 7 nitrogen and oxygen atoms in total. The predicted molar refractivity (Wildman–Crippen MR) is 119 cm³/mol. The highest BCUT2D eigenvalue weighted by Gasteiger charge is 2.24. The van der Waals surface area contributed by atoms with Crippen LogP contribution in [0.1, 0.15) is 16.7 Å². The van der Waals surface area contributed by atoms with Gasteiger partial charge in [0.15, 0.2) is 5.65 Å². The van der Waals surface area contributed by atoms with E-state index < -0.39 is 0 Å². The average molecular weight is 413 g/mol. The highest BCUT2D eigenvalue weighted by atomic mass is 16.5. The van der Waals surface area contributed by atoms with Crippen molar-refractivity contribution in [1.82, 2.24) is 19.7 Å². The number of carbonyl (C=O) groups is 1. The number of urea groups is 1. The van der Waals surface area contributed by atoms with Crippen molar-refractivity contribution < 1.29 is 9.53 Å². The smallest absolute Gasteiger partial charge is 0.322 e. The predicted octanol–water partition coefficient (Wildman–Crippen LogP) is 4.08. The molecule has 1 aliphatic heterocycles. The summed E-state index contributed by atoms with van der Waals surface area (Å²) >= 11 is 0. The topological polar surface area (TPSA) is 72.3 Å². The molecule has 0 spiro atoms. The molecule has 2 aromatic heterocycles. The molecule has 31 heavy (non-hydrogen) atoms. The maximum atomic E-state index is 12.7. The van der Waals surface area contributed by atoms with E-state index in [-0.39, 0.29) is 6.03 Å². The minimum atomic E-state index is -0.0906.